The van der Waals surface area contributed by atoms with Crippen LogP contribution in [0.25, 0.3) is 0 Å². The highest BCUT2D eigenvalue weighted by atomic mass is 32.2. The molecule has 0 saturated heterocycles. The van der Waals surface area contributed by atoms with Crippen molar-refractivity contribution in [1.29, 1.82) is 0 Å². The summed E-state index contributed by atoms with van der Waals surface area (Å²) < 4.78 is 4.89. The van der Waals surface area contributed by atoms with Gasteiger partial charge in [0.25, 0.3) is 5.95 Å². The quantitative estimate of drug-likeness (QED) is 0.878. The molecule has 7 heteroatoms. The van der Waals surface area contributed by atoms with Crippen LogP contribution in [0, 0.1) is 0 Å². The lowest BCUT2D eigenvalue weighted by Crippen LogP contribution is -2.31. The molecule has 104 valence electrons. The van der Waals surface area contributed by atoms with Gasteiger partial charge in [-0.05, 0) is 16.8 Å². The predicted octanol–water partition coefficient (Wildman–Crippen LogP) is 1.20. The van der Waals surface area contributed by atoms with Crippen molar-refractivity contribution in [2.75, 3.05) is 18.0 Å². The molecule has 0 radical (unpaired) electrons. The van der Waals surface area contributed by atoms with E-state index in [1.165, 1.54) is 4.90 Å². The average Bonchev–Trinajstić information content (AvgIpc) is 3.05. The van der Waals surface area contributed by atoms with Crippen molar-refractivity contribution in [1.82, 2.24) is 15.5 Å². The first-order valence-electron chi connectivity index (χ1n) is 6.31. The number of nitrogens with two attached hydrogens (primary N) is 1. The third-order valence-electron chi connectivity index (χ3n) is 3.14. The molecule has 0 fully saturated rings. The topological polar surface area (TPSA) is 94.0 Å². The molecule has 2 heterocycles. The summed E-state index contributed by atoms with van der Waals surface area (Å²) in [6, 6.07) is 8.02. The van der Waals surface area contributed by atoms with Gasteiger partial charge in [-0.3, -0.25) is 4.79 Å². The molecule has 3 rings (SSSR count). The van der Waals surface area contributed by atoms with Crippen molar-refractivity contribution in [2.24, 2.45) is 0 Å². The minimum Gasteiger partial charge on any atom is -0.365 e. The van der Waals surface area contributed by atoms with Crippen LogP contribution in [0.15, 0.2) is 33.7 Å². The molecular formula is C13H14N4O2S. The lowest BCUT2D eigenvalue weighted by atomic mass is 10.0. The van der Waals surface area contributed by atoms with Gasteiger partial charge in [-0.2, -0.15) is 4.98 Å². The van der Waals surface area contributed by atoms with Gasteiger partial charge in [-0.1, -0.05) is 18.2 Å². The highest BCUT2D eigenvalue weighted by Gasteiger charge is 2.28. The Balaban J connectivity index is 1.55. The molecule has 1 aliphatic heterocycles. The van der Waals surface area contributed by atoms with Gasteiger partial charge in [0.1, 0.15) is 0 Å². The maximum absolute atomic E-state index is 12.2. The second-order valence-electron chi connectivity index (χ2n) is 4.49. The summed E-state index contributed by atoms with van der Waals surface area (Å²) in [6.07, 6.45) is 0.484. The van der Waals surface area contributed by atoms with Gasteiger partial charge in [0.2, 0.25) is 11.8 Å². The van der Waals surface area contributed by atoms with Crippen LogP contribution in [0.3, 0.4) is 0 Å². The van der Waals surface area contributed by atoms with Crippen molar-refractivity contribution in [3.63, 3.8) is 0 Å². The molecule has 2 aromatic rings. The third-order valence-corrected chi connectivity index (χ3v) is 4.32. The molecule has 1 atom stereocenters. The molecule has 1 aliphatic rings. The molecule has 1 amide bonds. The normalized spacial score (nSPS) is 16.9. The highest BCUT2D eigenvalue weighted by molar-refractivity contribution is 7.99. The van der Waals surface area contributed by atoms with Crippen LogP contribution < -0.4 is 11.1 Å². The second-order valence-corrected chi connectivity index (χ2v) is 5.55. The molecule has 1 unspecified atom stereocenters. The second kappa shape index (κ2) is 5.54. The predicted molar refractivity (Wildman–Crippen MR) is 75.3 cm³/mol. The molecule has 6 nitrogen and oxygen atoms in total. The minimum absolute atomic E-state index is 0.0370. The number of nitrogens with one attached hydrogen (secondary N) is 1. The number of anilines is 1. The number of amides is 1. The van der Waals surface area contributed by atoms with Crippen LogP contribution in [0.2, 0.25) is 0 Å². The molecule has 3 N–H and O–H groups in total. The monoisotopic (exact) mass is 290 g/mol. The first-order chi connectivity index (χ1) is 9.74. The number of carbonyl (C=O) groups is 1. The van der Waals surface area contributed by atoms with E-state index in [-0.39, 0.29) is 17.8 Å². The van der Waals surface area contributed by atoms with Gasteiger partial charge in [-0.25, -0.2) is 0 Å². The van der Waals surface area contributed by atoms with E-state index in [1.807, 2.05) is 18.2 Å². The largest absolute Gasteiger partial charge is 0.365 e. The van der Waals surface area contributed by atoms with Gasteiger partial charge < -0.3 is 15.6 Å². The zero-order valence-corrected chi connectivity index (χ0v) is 11.5. The number of nitrogens with zero attached hydrogens (tertiary/aromatic N) is 2. The van der Waals surface area contributed by atoms with E-state index in [0.29, 0.717) is 18.9 Å². The van der Waals surface area contributed by atoms with Crippen LogP contribution in [0.4, 0.5) is 5.95 Å². The number of thioether (sulfide) groups is 1. The Labute approximate surface area is 120 Å². The first-order valence-corrected chi connectivity index (χ1v) is 7.30. The van der Waals surface area contributed by atoms with Crippen LogP contribution in [-0.2, 0) is 11.2 Å². The Morgan fingerprint density at radius 2 is 2.35 bits per heavy atom. The van der Waals surface area contributed by atoms with E-state index in [9.17, 15) is 4.79 Å². The number of nitrogen functional groups attached to an aromatic ring is 1. The zero-order chi connectivity index (χ0) is 13.9. The Morgan fingerprint density at radius 3 is 3.15 bits per heavy atom. The van der Waals surface area contributed by atoms with Crippen LogP contribution in [0.5, 0.6) is 0 Å². The van der Waals surface area contributed by atoms with Crippen LogP contribution in [-0.4, -0.2) is 28.3 Å². The van der Waals surface area contributed by atoms with E-state index >= 15 is 0 Å². The maximum Gasteiger partial charge on any atom is 0.260 e. The summed E-state index contributed by atoms with van der Waals surface area (Å²) in [4.78, 5) is 17.3. The molecule has 1 aromatic carbocycles. The van der Waals surface area contributed by atoms with Crippen molar-refractivity contribution < 1.29 is 9.32 Å². The minimum atomic E-state index is -0.0797. The summed E-state index contributed by atoms with van der Waals surface area (Å²) in [5, 5.41) is 6.40. The van der Waals surface area contributed by atoms with Crippen LogP contribution in [0.1, 0.15) is 17.4 Å². The van der Waals surface area contributed by atoms with Gasteiger partial charge >= 0.3 is 0 Å². The molecule has 1 aromatic heterocycles. The Morgan fingerprint density at radius 1 is 1.50 bits per heavy atom. The number of hydrogen-bond acceptors (Lipinski definition) is 6. The molecule has 0 aliphatic carbocycles. The Kier molecular flexibility index (Phi) is 3.60. The maximum atomic E-state index is 12.2. The molecule has 0 spiro atoms. The van der Waals surface area contributed by atoms with Gasteiger partial charge in [0, 0.05) is 23.6 Å². The number of rotatable bonds is 4. The van der Waals surface area contributed by atoms with Gasteiger partial charge in [0.05, 0.1) is 5.92 Å². The zero-order valence-electron chi connectivity index (χ0n) is 10.7. The SMILES string of the molecule is Nc1noc(CCNC(=O)C2CSc3ccccc32)n1. The van der Waals surface area contributed by atoms with Crippen molar-refractivity contribution in [2.45, 2.75) is 17.2 Å². The summed E-state index contributed by atoms with van der Waals surface area (Å²) in [6.45, 7) is 0.462. The lowest BCUT2D eigenvalue weighted by Gasteiger charge is -2.10. The molecular weight excluding hydrogens is 276 g/mol. The number of carbonyl (C=O) groups excluding carboxylic acids is 1. The van der Waals surface area contributed by atoms with Crippen molar-refractivity contribution >= 4 is 23.6 Å². The van der Waals surface area contributed by atoms with Crippen LogP contribution >= 0.6 is 11.8 Å². The summed E-state index contributed by atoms with van der Waals surface area (Å²) in [5.74, 6) is 1.30. The third kappa shape index (κ3) is 2.62. The fourth-order valence-corrected chi connectivity index (χ4v) is 3.39. The van der Waals surface area contributed by atoms with Gasteiger partial charge in [-0.15, -0.1) is 11.8 Å². The average molecular weight is 290 g/mol. The smallest absolute Gasteiger partial charge is 0.260 e. The lowest BCUT2D eigenvalue weighted by molar-refractivity contribution is -0.122. The fourth-order valence-electron chi connectivity index (χ4n) is 2.17. The van der Waals surface area contributed by atoms with Crippen molar-refractivity contribution in [3.8, 4) is 0 Å². The number of aromatic nitrogens is 2. The van der Waals surface area contributed by atoms with E-state index in [4.69, 9.17) is 10.3 Å². The number of benzene rings is 1. The summed E-state index contributed by atoms with van der Waals surface area (Å²) in [5.41, 5.74) is 6.47. The molecule has 0 bridgehead atoms. The standard InChI is InChI=1S/C13H14N4O2S/c14-13-16-11(19-17-13)5-6-15-12(18)9-7-20-10-4-2-1-3-8(9)10/h1-4,9H,5-7H2,(H2,14,17)(H,15,18). The number of hydrogen-bond donors (Lipinski definition) is 2. The Bertz CT molecular complexity index is 628. The molecule has 0 saturated carbocycles. The van der Waals surface area contributed by atoms with E-state index in [2.05, 4.69) is 21.5 Å². The first kappa shape index (κ1) is 13.0. The number of fused-ring (bicyclic) bond motifs is 1. The van der Waals surface area contributed by atoms with E-state index in [0.717, 1.165) is 11.3 Å². The summed E-state index contributed by atoms with van der Waals surface area (Å²) >= 11 is 1.72. The van der Waals surface area contributed by atoms with E-state index < -0.39 is 0 Å². The highest BCUT2D eigenvalue weighted by Crippen LogP contribution is 2.39. The van der Waals surface area contributed by atoms with Gasteiger partial charge in [0.15, 0.2) is 0 Å². The van der Waals surface area contributed by atoms with E-state index in [1.54, 1.807) is 11.8 Å². The molecule has 20 heavy (non-hydrogen) atoms. The summed E-state index contributed by atoms with van der Waals surface area (Å²) in [7, 11) is 0. The Hall–Kier alpha value is -2.02. The fraction of sp³-hybridized carbons (Fsp3) is 0.308. The van der Waals surface area contributed by atoms with Crippen molar-refractivity contribution in [3.05, 3.63) is 35.7 Å².